The van der Waals surface area contributed by atoms with Gasteiger partial charge in [0.05, 0.1) is 0 Å². The minimum Gasteiger partial charge on any atom is -0.337 e. The first-order valence-electron chi connectivity index (χ1n) is 9.90. The number of piperidine rings is 1. The Kier molecular flexibility index (Phi) is 5.94. The van der Waals surface area contributed by atoms with E-state index in [1.165, 1.54) is 5.56 Å². The van der Waals surface area contributed by atoms with Crippen molar-refractivity contribution in [2.24, 2.45) is 0 Å². The highest BCUT2D eigenvalue weighted by Gasteiger charge is 2.32. The highest BCUT2D eigenvalue weighted by Crippen LogP contribution is 2.32. The maximum atomic E-state index is 12.9. The van der Waals surface area contributed by atoms with Crippen LogP contribution in [0.5, 0.6) is 0 Å². The van der Waals surface area contributed by atoms with E-state index in [1.807, 2.05) is 48.5 Å². The summed E-state index contributed by atoms with van der Waals surface area (Å²) in [6, 6.07) is 15.3. The van der Waals surface area contributed by atoms with E-state index in [0.29, 0.717) is 18.3 Å². The fraction of sp³-hybridized carbons (Fsp3) is 0.318. The molecule has 0 radical (unpaired) electrons. The highest BCUT2D eigenvalue weighted by atomic mass is 79.9. The van der Waals surface area contributed by atoms with Crippen molar-refractivity contribution >= 4 is 27.6 Å². The normalized spacial score (nSPS) is 16.6. The molecule has 1 atom stereocenters. The van der Waals surface area contributed by atoms with Crippen LogP contribution in [0.3, 0.4) is 0 Å². The number of likely N-dealkylation sites (tertiary alicyclic amines) is 1. The van der Waals surface area contributed by atoms with Crippen molar-refractivity contribution in [2.75, 3.05) is 11.9 Å². The van der Waals surface area contributed by atoms with Crippen LogP contribution in [-0.4, -0.2) is 27.6 Å². The molecule has 6 nitrogen and oxygen atoms in total. The van der Waals surface area contributed by atoms with Gasteiger partial charge in [-0.3, -0.25) is 0 Å². The summed E-state index contributed by atoms with van der Waals surface area (Å²) in [4.78, 5) is 19.3. The van der Waals surface area contributed by atoms with Gasteiger partial charge < -0.3 is 14.7 Å². The summed E-state index contributed by atoms with van der Waals surface area (Å²) in [5.74, 6) is 1.02. The summed E-state index contributed by atoms with van der Waals surface area (Å²) >= 11 is 3.43. The van der Waals surface area contributed by atoms with Crippen molar-refractivity contribution in [1.29, 1.82) is 0 Å². The number of carbonyl (C=O) groups is 1. The molecule has 2 heterocycles. The zero-order valence-corrected chi connectivity index (χ0v) is 17.9. The van der Waals surface area contributed by atoms with Crippen LogP contribution in [0.4, 0.5) is 10.5 Å². The third-order valence-corrected chi connectivity index (χ3v) is 5.73. The molecule has 1 unspecified atom stereocenters. The predicted molar refractivity (Wildman–Crippen MR) is 116 cm³/mol. The molecule has 29 heavy (non-hydrogen) atoms. The van der Waals surface area contributed by atoms with Crippen LogP contribution in [0.25, 0.3) is 11.4 Å². The Labute approximate surface area is 178 Å². The number of aryl methyl sites for hydroxylation is 1. The van der Waals surface area contributed by atoms with Crippen LogP contribution in [0, 0.1) is 0 Å². The lowest BCUT2D eigenvalue weighted by atomic mass is 10.0. The van der Waals surface area contributed by atoms with Gasteiger partial charge in [0.25, 0.3) is 0 Å². The topological polar surface area (TPSA) is 71.3 Å². The Morgan fingerprint density at radius 1 is 1.17 bits per heavy atom. The number of carbonyl (C=O) groups excluding carboxylic acids is 1. The Morgan fingerprint density at radius 3 is 2.66 bits per heavy atom. The Morgan fingerprint density at radius 2 is 1.93 bits per heavy atom. The van der Waals surface area contributed by atoms with Gasteiger partial charge in [0.15, 0.2) is 0 Å². The lowest BCUT2D eigenvalue weighted by Gasteiger charge is -2.33. The molecule has 0 aliphatic carbocycles. The molecule has 0 spiro atoms. The molecule has 7 heteroatoms. The second kappa shape index (κ2) is 8.78. The van der Waals surface area contributed by atoms with Crippen molar-refractivity contribution in [3.05, 3.63) is 64.5 Å². The molecule has 0 bridgehead atoms. The molecule has 1 aromatic heterocycles. The van der Waals surface area contributed by atoms with E-state index in [-0.39, 0.29) is 12.1 Å². The van der Waals surface area contributed by atoms with Crippen molar-refractivity contribution in [2.45, 2.75) is 38.6 Å². The van der Waals surface area contributed by atoms with Gasteiger partial charge in [0.2, 0.25) is 11.7 Å². The zero-order valence-electron chi connectivity index (χ0n) is 16.3. The predicted octanol–water partition coefficient (Wildman–Crippen LogP) is 5.82. The van der Waals surface area contributed by atoms with Crippen LogP contribution in [-0.2, 0) is 6.42 Å². The summed E-state index contributed by atoms with van der Waals surface area (Å²) in [5.41, 5.74) is 2.91. The van der Waals surface area contributed by atoms with E-state index in [4.69, 9.17) is 4.52 Å². The zero-order chi connectivity index (χ0) is 20.2. The number of rotatable bonds is 4. The van der Waals surface area contributed by atoms with E-state index in [0.717, 1.165) is 41.4 Å². The van der Waals surface area contributed by atoms with Crippen LogP contribution in [0.15, 0.2) is 57.5 Å². The van der Waals surface area contributed by atoms with Gasteiger partial charge in [-0.15, -0.1) is 0 Å². The number of hydrogen-bond donors (Lipinski definition) is 1. The smallest absolute Gasteiger partial charge is 0.322 e. The number of benzene rings is 2. The Hall–Kier alpha value is -2.67. The number of hydrogen-bond acceptors (Lipinski definition) is 4. The van der Waals surface area contributed by atoms with Crippen molar-refractivity contribution in [1.82, 2.24) is 15.0 Å². The maximum absolute atomic E-state index is 12.9. The van der Waals surface area contributed by atoms with Gasteiger partial charge in [-0.25, -0.2) is 4.79 Å². The third kappa shape index (κ3) is 4.50. The first-order valence-corrected chi connectivity index (χ1v) is 10.7. The lowest BCUT2D eigenvalue weighted by molar-refractivity contribution is 0.142. The van der Waals surface area contributed by atoms with E-state index in [9.17, 15) is 4.79 Å². The van der Waals surface area contributed by atoms with Gasteiger partial charge in [0.1, 0.15) is 6.04 Å². The molecule has 1 aliphatic rings. The van der Waals surface area contributed by atoms with E-state index < -0.39 is 0 Å². The molecule has 150 valence electrons. The second-order valence-corrected chi connectivity index (χ2v) is 8.06. The third-order valence-electron chi connectivity index (χ3n) is 5.21. The van der Waals surface area contributed by atoms with Crippen molar-refractivity contribution in [3.63, 3.8) is 0 Å². The fourth-order valence-electron chi connectivity index (χ4n) is 3.54. The van der Waals surface area contributed by atoms with Crippen molar-refractivity contribution < 1.29 is 9.32 Å². The molecule has 4 rings (SSSR count). The van der Waals surface area contributed by atoms with Gasteiger partial charge in [-0.05, 0) is 67.6 Å². The number of urea groups is 1. The van der Waals surface area contributed by atoms with E-state index in [2.05, 4.69) is 38.3 Å². The minimum atomic E-state index is -0.213. The minimum absolute atomic E-state index is 0.137. The first kappa shape index (κ1) is 19.6. The van der Waals surface area contributed by atoms with E-state index >= 15 is 0 Å². The quantitative estimate of drug-likeness (QED) is 0.538. The Balaban J connectivity index is 1.51. The van der Waals surface area contributed by atoms with Gasteiger partial charge in [-0.2, -0.15) is 4.98 Å². The molecule has 2 aromatic carbocycles. The van der Waals surface area contributed by atoms with Crippen molar-refractivity contribution in [3.8, 4) is 11.4 Å². The molecule has 1 aliphatic heterocycles. The first-order chi connectivity index (χ1) is 14.1. The summed E-state index contributed by atoms with van der Waals surface area (Å²) in [6.45, 7) is 2.78. The standard InChI is InChI=1S/C22H23BrN4O2/c1-2-15-6-12-18(13-7-15)24-22(28)27-14-4-3-5-19(27)21-25-20(26-29-21)16-8-10-17(23)11-9-16/h6-13,19H,2-5,14H2,1H3,(H,24,28). The summed E-state index contributed by atoms with van der Waals surface area (Å²) in [5, 5.41) is 7.13. The van der Waals surface area contributed by atoms with Gasteiger partial charge in [-0.1, -0.05) is 40.1 Å². The molecule has 2 amide bonds. The van der Waals surface area contributed by atoms with Gasteiger partial charge in [0, 0.05) is 22.3 Å². The second-order valence-electron chi connectivity index (χ2n) is 7.15. The molecule has 1 saturated heterocycles. The average molecular weight is 455 g/mol. The highest BCUT2D eigenvalue weighted by molar-refractivity contribution is 9.10. The Bertz CT molecular complexity index is 969. The number of aromatic nitrogens is 2. The van der Waals surface area contributed by atoms with Crippen LogP contribution >= 0.6 is 15.9 Å². The number of halogens is 1. The summed E-state index contributed by atoms with van der Waals surface area (Å²) in [7, 11) is 0. The molecule has 1 N–H and O–H groups in total. The lowest BCUT2D eigenvalue weighted by Crippen LogP contribution is -2.41. The number of nitrogens with one attached hydrogen (secondary N) is 1. The van der Waals surface area contributed by atoms with Gasteiger partial charge >= 0.3 is 6.03 Å². The molecule has 1 fully saturated rings. The molecular formula is C22H23BrN4O2. The van der Waals surface area contributed by atoms with E-state index in [1.54, 1.807) is 4.90 Å². The number of nitrogens with zero attached hydrogens (tertiary/aromatic N) is 3. The summed E-state index contributed by atoms with van der Waals surface area (Å²) < 4.78 is 6.55. The maximum Gasteiger partial charge on any atom is 0.322 e. The van der Waals surface area contributed by atoms with Crippen LogP contribution in [0.1, 0.15) is 43.7 Å². The summed E-state index contributed by atoms with van der Waals surface area (Å²) in [6.07, 6.45) is 3.77. The molecular weight excluding hydrogens is 432 g/mol. The number of anilines is 1. The monoisotopic (exact) mass is 454 g/mol. The average Bonchev–Trinajstić information content (AvgIpc) is 3.25. The fourth-order valence-corrected chi connectivity index (χ4v) is 3.80. The molecule has 0 saturated carbocycles. The SMILES string of the molecule is CCc1ccc(NC(=O)N2CCCCC2c2nc(-c3ccc(Br)cc3)no2)cc1. The molecule has 3 aromatic rings. The van der Waals surface area contributed by atoms with Crippen LogP contribution < -0.4 is 5.32 Å². The largest absolute Gasteiger partial charge is 0.337 e. The number of amides is 2. The van der Waals surface area contributed by atoms with Crippen LogP contribution in [0.2, 0.25) is 0 Å².